The van der Waals surface area contributed by atoms with E-state index in [1.54, 1.807) is 12.1 Å². The lowest BCUT2D eigenvalue weighted by Crippen LogP contribution is -2.29. The molecule has 2 aromatic rings. The fourth-order valence-electron chi connectivity index (χ4n) is 2.32. The molecule has 0 heterocycles. The van der Waals surface area contributed by atoms with Crippen LogP contribution in [0.5, 0.6) is 5.75 Å². The molecule has 2 rings (SSSR count). The highest BCUT2D eigenvalue weighted by atomic mass is 16.5. The van der Waals surface area contributed by atoms with Gasteiger partial charge in [-0.15, -0.1) is 0 Å². The molecular formula is C20H22N2O5. The Kier molecular flexibility index (Phi) is 7.37. The number of carboxylic acids is 1. The van der Waals surface area contributed by atoms with Crippen LogP contribution in [-0.4, -0.2) is 36.0 Å². The van der Waals surface area contributed by atoms with Gasteiger partial charge in [0.1, 0.15) is 12.3 Å². The predicted molar refractivity (Wildman–Crippen MR) is 101 cm³/mol. The molecule has 0 saturated carbocycles. The summed E-state index contributed by atoms with van der Waals surface area (Å²) in [5, 5.41) is 13.6. The minimum absolute atomic E-state index is 0.189. The normalized spacial score (nSPS) is 10.1. The van der Waals surface area contributed by atoms with E-state index >= 15 is 0 Å². The molecule has 0 spiro atoms. The molecule has 27 heavy (non-hydrogen) atoms. The second kappa shape index (κ2) is 9.96. The van der Waals surface area contributed by atoms with Gasteiger partial charge >= 0.3 is 5.97 Å². The Hall–Kier alpha value is -3.35. The lowest BCUT2D eigenvalue weighted by atomic mass is 10.1. The number of aliphatic carboxylic acids is 1. The number of amides is 2. The van der Waals surface area contributed by atoms with Crippen molar-refractivity contribution in [3.63, 3.8) is 0 Å². The van der Waals surface area contributed by atoms with Crippen molar-refractivity contribution in [3.8, 4) is 5.75 Å². The van der Waals surface area contributed by atoms with E-state index in [0.29, 0.717) is 17.9 Å². The summed E-state index contributed by atoms with van der Waals surface area (Å²) in [6.07, 6.45) is 1.11. The van der Waals surface area contributed by atoms with Crippen LogP contribution < -0.4 is 15.4 Å². The first kappa shape index (κ1) is 20.0. The Morgan fingerprint density at radius 1 is 1.07 bits per heavy atom. The Morgan fingerprint density at radius 3 is 2.48 bits per heavy atom. The van der Waals surface area contributed by atoms with Crippen LogP contribution in [0.25, 0.3) is 0 Å². The third-order valence-corrected chi connectivity index (χ3v) is 3.57. The van der Waals surface area contributed by atoms with Crippen molar-refractivity contribution in [2.75, 3.05) is 18.5 Å². The molecule has 0 unspecified atom stereocenters. The quantitative estimate of drug-likeness (QED) is 0.629. The van der Waals surface area contributed by atoms with Crippen LogP contribution in [0, 0.1) is 0 Å². The van der Waals surface area contributed by atoms with E-state index in [1.807, 2.05) is 31.2 Å². The van der Waals surface area contributed by atoms with Crippen molar-refractivity contribution >= 4 is 23.5 Å². The van der Waals surface area contributed by atoms with E-state index < -0.39 is 18.4 Å². The van der Waals surface area contributed by atoms with Crippen LogP contribution in [-0.2, 0) is 16.0 Å². The third-order valence-electron chi connectivity index (χ3n) is 3.57. The van der Waals surface area contributed by atoms with Gasteiger partial charge in [0.25, 0.3) is 5.91 Å². The van der Waals surface area contributed by atoms with Gasteiger partial charge < -0.3 is 20.5 Å². The third kappa shape index (κ3) is 6.81. The van der Waals surface area contributed by atoms with Crippen LogP contribution >= 0.6 is 0 Å². The molecule has 7 nitrogen and oxygen atoms in total. The average molecular weight is 370 g/mol. The number of rotatable bonds is 9. The van der Waals surface area contributed by atoms with Gasteiger partial charge in [-0.1, -0.05) is 19.1 Å². The lowest BCUT2D eigenvalue weighted by Gasteiger charge is -2.09. The van der Waals surface area contributed by atoms with Gasteiger partial charge in [0.05, 0.1) is 13.0 Å². The zero-order valence-electron chi connectivity index (χ0n) is 15.0. The van der Waals surface area contributed by atoms with Gasteiger partial charge in [-0.05, 0) is 48.4 Å². The zero-order valence-corrected chi connectivity index (χ0v) is 15.0. The number of carbonyl (C=O) groups excluding carboxylic acids is 2. The molecule has 0 bridgehead atoms. The minimum atomic E-state index is -1.11. The van der Waals surface area contributed by atoms with E-state index in [4.69, 9.17) is 9.84 Å². The summed E-state index contributed by atoms with van der Waals surface area (Å²) in [7, 11) is 0. The molecule has 0 aromatic heterocycles. The van der Waals surface area contributed by atoms with E-state index in [1.165, 1.54) is 12.1 Å². The standard InChI is InChI=1S/C20H22N2O5/c1-2-10-27-17-5-3-4-14(11-17)12-18(23)22-16-8-6-15(7-9-16)20(26)21-13-19(24)25/h3-9,11H,2,10,12-13H2,1H3,(H,21,26)(H,22,23)(H,24,25). The van der Waals surface area contributed by atoms with E-state index in [0.717, 1.165) is 17.7 Å². The molecule has 0 aliphatic carbocycles. The Morgan fingerprint density at radius 2 is 1.81 bits per heavy atom. The molecule has 0 saturated heterocycles. The van der Waals surface area contributed by atoms with Crippen molar-refractivity contribution in [1.82, 2.24) is 5.32 Å². The molecule has 0 aliphatic rings. The highest BCUT2D eigenvalue weighted by Crippen LogP contribution is 2.15. The van der Waals surface area contributed by atoms with Crippen molar-refractivity contribution in [2.45, 2.75) is 19.8 Å². The molecule has 0 radical (unpaired) electrons. The Labute approximate surface area is 157 Å². The van der Waals surface area contributed by atoms with Crippen molar-refractivity contribution in [2.24, 2.45) is 0 Å². The maximum atomic E-state index is 12.2. The molecule has 142 valence electrons. The minimum Gasteiger partial charge on any atom is -0.494 e. The molecule has 0 aliphatic heterocycles. The summed E-state index contributed by atoms with van der Waals surface area (Å²) >= 11 is 0. The second-order valence-corrected chi connectivity index (χ2v) is 5.87. The summed E-state index contributed by atoms with van der Waals surface area (Å²) in [6, 6.07) is 13.6. The van der Waals surface area contributed by atoms with Gasteiger partial charge in [-0.2, -0.15) is 0 Å². The fourth-order valence-corrected chi connectivity index (χ4v) is 2.32. The average Bonchev–Trinajstić information content (AvgIpc) is 2.65. The number of hydrogen-bond donors (Lipinski definition) is 3. The van der Waals surface area contributed by atoms with Crippen molar-refractivity contribution < 1.29 is 24.2 Å². The number of ether oxygens (including phenoxy) is 1. The van der Waals surface area contributed by atoms with Gasteiger partial charge in [-0.3, -0.25) is 14.4 Å². The van der Waals surface area contributed by atoms with Gasteiger partial charge in [0.2, 0.25) is 5.91 Å². The van der Waals surface area contributed by atoms with E-state index in [2.05, 4.69) is 10.6 Å². The number of benzene rings is 2. The monoisotopic (exact) mass is 370 g/mol. The van der Waals surface area contributed by atoms with Crippen LogP contribution in [0.15, 0.2) is 48.5 Å². The van der Waals surface area contributed by atoms with E-state index in [9.17, 15) is 14.4 Å². The summed E-state index contributed by atoms with van der Waals surface area (Å²) in [5.74, 6) is -1.06. The van der Waals surface area contributed by atoms with Crippen LogP contribution in [0.1, 0.15) is 29.3 Å². The maximum absolute atomic E-state index is 12.2. The number of nitrogens with one attached hydrogen (secondary N) is 2. The van der Waals surface area contributed by atoms with Crippen molar-refractivity contribution in [1.29, 1.82) is 0 Å². The van der Waals surface area contributed by atoms with Crippen molar-refractivity contribution in [3.05, 3.63) is 59.7 Å². The summed E-state index contributed by atoms with van der Waals surface area (Å²) in [6.45, 7) is 2.21. The first-order chi connectivity index (χ1) is 13.0. The molecule has 0 fully saturated rings. The summed E-state index contributed by atoms with van der Waals surface area (Å²) in [5.41, 5.74) is 1.70. The number of carbonyl (C=O) groups is 3. The van der Waals surface area contributed by atoms with Crippen LogP contribution in [0.2, 0.25) is 0 Å². The number of carboxylic acid groups (broad SMARTS) is 1. The number of hydrogen-bond acceptors (Lipinski definition) is 4. The fraction of sp³-hybridized carbons (Fsp3) is 0.250. The molecular weight excluding hydrogens is 348 g/mol. The largest absolute Gasteiger partial charge is 0.494 e. The molecule has 0 atom stereocenters. The zero-order chi connectivity index (χ0) is 19.6. The molecule has 3 N–H and O–H groups in total. The first-order valence-corrected chi connectivity index (χ1v) is 8.59. The SMILES string of the molecule is CCCOc1cccc(CC(=O)Nc2ccc(C(=O)NCC(=O)O)cc2)c1. The summed E-state index contributed by atoms with van der Waals surface area (Å²) in [4.78, 5) is 34.4. The van der Waals surface area contributed by atoms with Gasteiger partial charge in [0, 0.05) is 11.3 Å². The second-order valence-electron chi connectivity index (χ2n) is 5.87. The Bertz CT molecular complexity index is 802. The highest BCUT2D eigenvalue weighted by Gasteiger charge is 2.09. The predicted octanol–water partition coefficient (Wildman–Crippen LogP) is 2.47. The Balaban J connectivity index is 1.90. The first-order valence-electron chi connectivity index (χ1n) is 8.59. The smallest absolute Gasteiger partial charge is 0.322 e. The topological polar surface area (TPSA) is 105 Å². The molecule has 2 aromatic carbocycles. The highest BCUT2D eigenvalue weighted by molar-refractivity contribution is 5.97. The van der Waals surface area contributed by atoms with Gasteiger partial charge in [-0.25, -0.2) is 0 Å². The maximum Gasteiger partial charge on any atom is 0.322 e. The van der Waals surface area contributed by atoms with Gasteiger partial charge in [0.15, 0.2) is 0 Å². The molecule has 7 heteroatoms. The van der Waals surface area contributed by atoms with Crippen LogP contribution in [0.3, 0.4) is 0 Å². The lowest BCUT2D eigenvalue weighted by molar-refractivity contribution is -0.135. The van der Waals surface area contributed by atoms with E-state index in [-0.39, 0.29) is 12.3 Å². The summed E-state index contributed by atoms with van der Waals surface area (Å²) < 4.78 is 5.56. The van der Waals surface area contributed by atoms with Crippen LogP contribution in [0.4, 0.5) is 5.69 Å². The number of anilines is 1. The molecule has 2 amide bonds.